The van der Waals surface area contributed by atoms with Gasteiger partial charge in [-0.1, -0.05) is 30.0 Å². The Hall–Kier alpha value is -1.82. The summed E-state index contributed by atoms with van der Waals surface area (Å²) in [6.07, 6.45) is 1.37. The molecule has 1 radical (unpaired) electrons. The van der Waals surface area contributed by atoms with Crippen molar-refractivity contribution >= 4 is 29.2 Å². The van der Waals surface area contributed by atoms with E-state index in [-0.39, 0.29) is 0 Å². The summed E-state index contributed by atoms with van der Waals surface area (Å²) in [5.74, 6) is -0.397. The molecule has 81 valence electrons. The molecule has 1 heterocycles. The minimum atomic E-state index is -0.919. The Labute approximate surface area is 96.3 Å². The standard InChI is InChI=1S/C10H8N3O2S/c14-9(15)8-4-2-1-3-7(8)5-16-10-11-6-12-13-10/h1-4,6H,5H2,(H,14,15). The van der Waals surface area contributed by atoms with Crippen molar-refractivity contribution < 1.29 is 9.90 Å². The van der Waals surface area contributed by atoms with Gasteiger partial charge in [0.2, 0.25) is 5.17 Å². The first kappa shape index (κ1) is 10.7. The highest BCUT2D eigenvalue weighted by Gasteiger charge is 2.10. The first-order valence-electron chi connectivity index (χ1n) is 4.52. The van der Waals surface area contributed by atoms with Gasteiger partial charge in [-0.3, -0.25) is 0 Å². The highest BCUT2D eigenvalue weighted by atomic mass is 32.2. The van der Waals surface area contributed by atoms with Crippen molar-refractivity contribution in [2.45, 2.75) is 5.75 Å². The van der Waals surface area contributed by atoms with Gasteiger partial charge in [0.25, 0.3) is 0 Å². The average molecular weight is 234 g/mol. The van der Waals surface area contributed by atoms with Crippen LogP contribution in [0.3, 0.4) is 0 Å². The lowest BCUT2D eigenvalue weighted by Crippen LogP contribution is -2.01. The lowest BCUT2D eigenvalue weighted by atomic mass is 10.1. The summed E-state index contributed by atoms with van der Waals surface area (Å²) in [6.45, 7) is 0. The number of benzene rings is 1. The number of carbonyl (C=O) groups is 1. The molecule has 1 aliphatic heterocycles. The van der Waals surface area contributed by atoms with Gasteiger partial charge in [0, 0.05) is 5.75 Å². The number of carboxylic acid groups (broad SMARTS) is 1. The molecule has 1 N–H and O–H groups in total. The van der Waals surface area contributed by atoms with Crippen molar-refractivity contribution in [1.82, 2.24) is 5.43 Å². The van der Waals surface area contributed by atoms with Gasteiger partial charge >= 0.3 is 5.97 Å². The SMILES string of the molecule is O=C(O)c1ccccc1CSC1=N[N]C=N1. The summed E-state index contributed by atoms with van der Waals surface area (Å²) in [7, 11) is 0. The molecule has 0 fully saturated rings. The third-order valence-electron chi connectivity index (χ3n) is 1.97. The maximum Gasteiger partial charge on any atom is 0.335 e. The number of aliphatic imine (C=N–C) groups is 1. The largest absolute Gasteiger partial charge is 0.478 e. The Morgan fingerprint density at radius 2 is 2.19 bits per heavy atom. The van der Waals surface area contributed by atoms with Crippen molar-refractivity contribution in [3.8, 4) is 0 Å². The van der Waals surface area contributed by atoms with Crippen molar-refractivity contribution in [2.75, 3.05) is 0 Å². The van der Waals surface area contributed by atoms with Crippen LogP contribution in [0.5, 0.6) is 0 Å². The van der Waals surface area contributed by atoms with Crippen LogP contribution in [-0.4, -0.2) is 22.6 Å². The van der Waals surface area contributed by atoms with E-state index in [9.17, 15) is 4.79 Å². The van der Waals surface area contributed by atoms with Crippen LogP contribution in [-0.2, 0) is 5.75 Å². The topological polar surface area (TPSA) is 76.1 Å². The van der Waals surface area contributed by atoms with E-state index in [0.29, 0.717) is 16.5 Å². The van der Waals surface area contributed by atoms with Gasteiger partial charge in [-0.2, -0.15) is 0 Å². The number of hydrogen-bond donors (Lipinski definition) is 1. The van der Waals surface area contributed by atoms with E-state index in [2.05, 4.69) is 15.5 Å². The van der Waals surface area contributed by atoms with Crippen molar-refractivity contribution in [1.29, 1.82) is 0 Å². The number of rotatable bonds is 3. The zero-order valence-corrected chi connectivity index (χ0v) is 9.02. The Kier molecular flexibility index (Phi) is 3.21. The van der Waals surface area contributed by atoms with E-state index in [1.54, 1.807) is 18.2 Å². The number of carboxylic acids is 1. The summed E-state index contributed by atoms with van der Waals surface area (Å²) in [5, 5.41) is 13.3. The van der Waals surface area contributed by atoms with Crippen LogP contribution in [0.4, 0.5) is 0 Å². The van der Waals surface area contributed by atoms with E-state index < -0.39 is 5.97 Å². The lowest BCUT2D eigenvalue weighted by Gasteiger charge is -2.03. The van der Waals surface area contributed by atoms with Crippen LogP contribution in [0.15, 0.2) is 34.4 Å². The molecule has 0 saturated carbocycles. The second-order valence-corrected chi connectivity index (χ2v) is 3.94. The first-order valence-corrected chi connectivity index (χ1v) is 5.50. The first-order chi connectivity index (χ1) is 7.77. The fourth-order valence-electron chi connectivity index (χ4n) is 1.24. The molecule has 0 aromatic heterocycles. The Morgan fingerprint density at radius 3 is 2.88 bits per heavy atom. The molecule has 0 saturated heterocycles. The summed E-state index contributed by atoms with van der Waals surface area (Å²) < 4.78 is 0. The van der Waals surface area contributed by atoms with E-state index in [1.165, 1.54) is 18.1 Å². The van der Waals surface area contributed by atoms with Gasteiger partial charge in [-0.15, -0.1) is 10.5 Å². The molecule has 0 atom stereocenters. The van der Waals surface area contributed by atoms with Crippen LogP contribution >= 0.6 is 11.8 Å². The summed E-state index contributed by atoms with van der Waals surface area (Å²) in [4.78, 5) is 14.8. The Morgan fingerprint density at radius 1 is 1.38 bits per heavy atom. The second-order valence-electron chi connectivity index (χ2n) is 2.99. The van der Waals surface area contributed by atoms with E-state index in [4.69, 9.17) is 5.11 Å². The number of nitrogens with zero attached hydrogens (tertiary/aromatic N) is 3. The molecule has 0 bridgehead atoms. The molecule has 1 aromatic carbocycles. The third kappa shape index (κ3) is 2.40. The average Bonchev–Trinajstić information content (AvgIpc) is 2.79. The van der Waals surface area contributed by atoms with Crippen LogP contribution in [0, 0.1) is 0 Å². The fourth-order valence-corrected chi connectivity index (χ4v) is 2.00. The predicted molar refractivity (Wildman–Crippen MR) is 62.8 cm³/mol. The molecule has 6 heteroatoms. The molecule has 1 aliphatic rings. The minimum absolute atomic E-state index is 0.314. The maximum atomic E-state index is 10.9. The van der Waals surface area contributed by atoms with Gasteiger partial charge < -0.3 is 5.11 Å². The van der Waals surface area contributed by atoms with Crippen LogP contribution in [0.1, 0.15) is 15.9 Å². The van der Waals surface area contributed by atoms with Crippen molar-refractivity contribution in [2.24, 2.45) is 10.1 Å². The van der Waals surface area contributed by atoms with Gasteiger partial charge in [-0.05, 0) is 11.6 Å². The van der Waals surface area contributed by atoms with Gasteiger partial charge in [0.05, 0.1) is 5.56 Å². The quantitative estimate of drug-likeness (QED) is 0.861. The number of amidine groups is 1. The highest BCUT2D eigenvalue weighted by molar-refractivity contribution is 8.13. The molecular weight excluding hydrogens is 226 g/mol. The molecule has 16 heavy (non-hydrogen) atoms. The summed E-state index contributed by atoms with van der Waals surface area (Å²) in [5.41, 5.74) is 4.66. The minimum Gasteiger partial charge on any atom is -0.478 e. The van der Waals surface area contributed by atoms with Crippen LogP contribution in [0.2, 0.25) is 0 Å². The molecular formula is C10H8N3O2S. The molecule has 0 amide bonds. The molecule has 5 nitrogen and oxygen atoms in total. The molecule has 1 aromatic rings. The Bertz CT molecular complexity index is 471. The smallest absolute Gasteiger partial charge is 0.335 e. The number of aromatic carboxylic acids is 1. The lowest BCUT2D eigenvalue weighted by molar-refractivity contribution is 0.0696. The zero-order chi connectivity index (χ0) is 11.4. The molecule has 0 unspecified atom stereocenters. The summed E-state index contributed by atoms with van der Waals surface area (Å²) in [6, 6.07) is 6.89. The van der Waals surface area contributed by atoms with E-state index >= 15 is 0 Å². The fraction of sp³-hybridized carbons (Fsp3) is 0.100. The number of hydrogen-bond acceptors (Lipinski definition) is 4. The second kappa shape index (κ2) is 4.80. The maximum absolute atomic E-state index is 10.9. The van der Waals surface area contributed by atoms with Gasteiger partial charge in [-0.25, -0.2) is 9.79 Å². The zero-order valence-electron chi connectivity index (χ0n) is 8.20. The van der Waals surface area contributed by atoms with Gasteiger partial charge in [0.1, 0.15) is 6.34 Å². The van der Waals surface area contributed by atoms with E-state index in [1.807, 2.05) is 6.07 Å². The van der Waals surface area contributed by atoms with E-state index in [0.717, 1.165) is 5.56 Å². The normalized spacial score (nSPS) is 13.4. The third-order valence-corrected chi connectivity index (χ3v) is 2.87. The monoisotopic (exact) mass is 234 g/mol. The highest BCUT2D eigenvalue weighted by Crippen LogP contribution is 2.19. The molecule has 0 spiro atoms. The predicted octanol–water partition coefficient (Wildman–Crippen LogP) is 1.54. The van der Waals surface area contributed by atoms with Crippen molar-refractivity contribution in [3.63, 3.8) is 0 Å². The number of thioether (sulfide) groups is 1. The van der Waals surface area contributed by atoms with Gasteiger partial charge in [0.15, 0.2) is 0 Å². The molecule has 0 aliphatic carbocycles. The van der Waals surface area contributed by atoms with Crippen molar-refractivity contribution in [3.05, 3.63) is 35.4 Å². The van der Waals surface area contributed by atoms with Crippen LogP contribution in [0.25, 0.3) is 0 Å². The molecule has 2 rings (SSSR count). The summed E-state index contributed by atoms with van der Waals surface area (Å²) >= 11 is 1.36. The van der Waals surface area contributed by atoms with Crippen LogP contribution < -0.4 is 5.43 Å². The Balaban J connectivity index is 2.08.